The molecule has 0 spiro atoms. The summed E-state index contributed by atoms with van der Waals surface area (Å²) >= 11 is 9.70. The second-order valence-corrected chi connectivity index (χ2v) is 3.34. The van der Waals surface area contributed by atoms with Gasteiger partial charge in [-0.3, -0.25) is 0 Å². The summed E-state index contributed by atoms with van der Waals surface area (Å²) in [6.07, 6.45) is 0. The standard InChI is InChI=1S/C8H7ClO2S/c1-4-2-5(9)3-6(12)7(4)8(10)11/h2-3,12H,1H3,(H,10,11). The SMILES string of the molecule is Cc1cc(Cl)cc(S)c1C(=O)O. The number of carbonyl (C=O) groups is 1. The fraction of sp³-hybridized carbons (Fsp3) is 0.125. The summed E-state index contributed by atoms with van der Waals surface area (Å²) in [6, 6.07) is 3.12. The van der Waals surface area contributed by atoms with Crippen molar-refractivity contribution >= 4 is 30.2 Å². The Morgan fingerprint density at radius 2 is 2.17 bits per heavy atom. The van der Waals surface area contributed by atoms with Crippen molar-refractivity contribution in [1.82, 2.24) is 0 Å². The Kier molecular flexibility index (Phi) is 2.65. The van der Waals surface area contributed by atoms with Crippen LogP contribution in [-0.2, 0) is 0 Å². The second-order valence-electron chi connectivity index (χ2n) is 2.42. The Bertz CT molecular complexity index is 313. The maximum absolute atomic E-state index is 10.7. The Morgan fingerprint density at radius 1 is 1.58 bits per heavy atom. The Hall–Kier alpha value is -0.670. The molecule has 0 aliphatic carbocycles. The Balaban J connectivity index is 3.38. The zero-order valence-electron chi connectivity index (χ0n) is 6.34. The fourth-order valence-corrected chi connectivity index (χ4v) is 1.76. The number of halogens is 1. The molecule has 1 rings (SSSR count). The van der Waals surface area contributed by atoms with E-state index in [4.69, 9.17) is 16.7 Å². The van der Waals surface area contributed by atoms with Gasteiger partial charge in [0.05, 0.1) is 5.56 Å². The van der Waals surface area contributed by atoms with Gasteiger partial charge >= 0.3 is 5.97 Å². The molecule has 0 bridgehead atoms. The smallest absolute Gasteiger partial charge is 0.337 e. The number of benzene rings is 1. The summed E-state index contributed by atoms with van der Waals surface area (Å²) in [5.74, 6) is -0.978. The molecular weight excluding hydrogens is 196 g/mol. The van der Waals surface area contributed by atoms with Crippen molar-refractivity contribution in [3.05, 3.63) is 28.3 Å². The third kappa shape index (κ3) is 1.73. The molecule has 12 heavy (non-hydrogen) atoms. The molecule has 4 heteroatoms. The topological polar surface area (TPSA) is 37.3 Å². The molecule has 1 aromatic carbocycles. The van der Waals surface area contributed by atoms with E-state index in [1.165, 1.54) is 6.07 Å². The van der Waals surface area contributed by atoms with Crippen LogP contribution in [0, 0.1) is 6.92 Å². The average molecular weight is 203 g/mol. The molecule has 0 aliphatic heterocycles. The van der Waals surface area contributed by atoms with E-state index in [0.29, 0.717) is 15.5 Å². The van der Waals surface area contributed by atoms with Gasteiger partial charge in [-0.2, -0.15) is 0 Å². The van der Waals surface area contributed by atoms with Gasteiger partial charge in [0.25, 0.3) is 0 Å². The summed E-state index contributed by atoms with van der Waals surface area (Å²) in [7, 11) is 0. The van der Waals surface area contributed by atoms with Gasteiger partial charge in [-0.15, -0.1) is 12.6 Å². The second kappa shape index (κ2) is 3.37. The number of rotatable bonds is 1. The van der Waals surface area contributed by atoms with Crippen LogP contribution in [0.3, 0.4) is 0 Å². The van der Waals surface area contributed by atoms with Crippen LogP contribution < -0.4 is 0 Å². The molecule has 2 nitrogen and oxygen atoms in total. The van der Waals surface area contributed by atoms with Gasteiger partial charge in [-0.25, -0.2) is 4.79 Å². The molecule has 0 aromatic heterocycles. The number of carboxylic acid groups (broad SMARTS) is 1. The third-order valence-electron chi connectivity index (χ3n) is 1.49. The molecular formula is C8H7ClO2S. The summed E-state index contributed by atoms with van der Waals surface area (Å²) in [6.45, 7) is 1.69. The van der Waals surface area contributed by atoms with Gasteiger partial charge in [-0.05, 0) is 24.6 Å². The van der Waals surface area contributed by atoms with E-state index >= 15 is 0 Å². The van der Waals surface area contributed by atoms with Crippen molar-refractivity contribution in [2.75, 3.05) is 0 Å². The van der Waals surface area contributed by atoms with Crippen molar-refractivity contribution in [3.63, 3.8) is 0 Å². The maximum atomic E-state index is 10.7. The molecule has 1 aromatic rings. The molecule has 0 fully saturated rings. The highest BCUT2D eigenvalue weighted by molar-refractivity contribution is 7.80. The quantitative estimate of drug-likeness (QED) is 0.687. The van der Waals surface area contributed by atoms with E-state index in [2.05, 4.69) is 12.6 Å². The highest BCUT2D eigenvalue weighted by Gasteiger charge is 2.11. The largest absolute Gasteiger partial charge is 0.478 e. The van der Waals surface area contributed by atoms with E-state index in [1.54, 1.807) is 13.0 Å². The predicted octanol–water partition coefficient (Wildman–Crippen LogP) is 2.64. The first kappa shape index (κ1) is 9.42. The molecule has 64 valence electrons. The maximum Gasteiger partial charge on any atom is 0.337 e. The minimum Gasteiger partial charge on any atom is -0.478 e. The molecule has 0 amide bonds. The lowest BCUT2D eigenvalue weighted by molar-refractivity contribution is 0.0692. The lowest BCUT2D eigenvalue weighted by atomic mass is 10.1. The van der Waals surface area contributed by atoms with Gasteiger partial charge in [0.2, 0.25) is 0 Å². The fourth-order valence-electron chi connectivity index (χ4n) is 1.00. The number of hydrogen-bond donors (Lipinski definition) is 2. The first-order valence-corrected chi connectivity index (χ1v) is 4.07. The minimum atomic E-state index is -0.978. The van der Waals surface area contributed by atoms with Crippen LogP contribution in [0.15, 0.2) is 17.0 Å². The van der Waals surface area contributed by atoms with E-state index in [-0.39, 0.29) is 5.56 Å². The van der Waals surface area contributed by atoms with Gasteiger partial charge in [-0.1, -0.05) is 11.6 Å². The third-order valence-corrected chi connectivity index (χ3v) is 2.06. The van der Waals surface area contributed by atoms with Crippen LogP contribution >= 0.6 is 24.2 Å². The minimum absolute atomic E-state index is 0.211. The Morgan fingerprint density at radius 3 is 2.58 bits per heavy atom. The van der Waals surface area contributed by atoms with Crippen LogP contribution in [0.1, 0.15) is 15.9 Å². The Labute approximate surface area is 80.6 Å². The van der Waals surface area contributed by atoms with E-state index in [0.717, 1.165) is 0 Å². The molecule has 0 aliphatic rings. The van der Waals surface area contributed by atoms with Crippen molar-refractivity contribution < 1.29 is 9.90 Å². The molecule has 0 saturated carbocycles. The van der Waals surface area contributed by atoms with Crippen molar-refractivity contribution in [2.45, 2.75) is 11.8 Å². The zero-order valence-corrected chi connectivity index (χ0v) is 7.99. The van der Waals surface area contributed by atoms with Crippen molar-refractivity contribution in [3.8, 4) is 0 Å². The average Bonchev–Trinajstić information content (AvgIpc) is 1.82. The molecule has 0 radical (unpaired) electrons. The number of thiol groups is 1. The van der Waals surface area contributed by atoms with Crippen molar-refractivity contribution in [1.29, 1.82) is 0 Å². The highest BCUT2D eigenvalue weighted by atomic mass is 35.5. The highest BCUT2D eigenvalue weighted by Crippen LogP contribution is 2.23. The van der Waals surface area contributed by atoms with Crippen molar-refractivity contribution in [2.24, 2.45) is 0 Å². The first-order chi connectivity index (χ1) is 5.52. The predicted molar refractivity (Wildman–Crippen MR) is 50.4 cm³/mol. The number of carboxylic acids is 1. The molecule has 0 saturated heterocycles. The van der Waals surface area contributed by atoms with Crippen LogP contribution in [0.2, 0.25) is 5.02 Å². The lowest BCUT2D eigenvalue weighted by Gasteiger charge is -2.04. The van der Waals surface area contributed by atoms with Crippen LogP contribution in [-0.4, -0.2) is 11.1 Å². The summed E-state index contributed by atoms with van der Waals surface area (Å²) in [4.78, 5) is 11.1. The van der Waals surface area contributed by atoms with Crippen LogP contribution in [0.4, 0.5) is 0 Å². The number of hydrogen-bond acceptors (Lipinski definition) is 2. The van der Waals surface area contributed by atoms with E-state index < -0.39 is 5.97 Å². The molecule has 0 unspecified atom stereocenters. The monoisotopic (exact) mass is 202 g/mol. The van der Waals surface area contributed by atoms with Crippen LogP contribution in [0.25, 0.3) is 0 Å². The summed E-state index contributed by atoms with van der Waals surface area (Å²) in [5.41, 5.74) is 0.836. The number of aromatic carboxylic acids is 1. The van der Waals surface area contributed by atoms with Gasteiger partial charge in [0.1, 0.15) is 0 Å². The zero-order chi connectivity index (χ0) is 9.30. The van der Waals surface area contributed by atoms with Gasteiger partial charge in [0.15, 0.2) is 0 Å². The van der Waals surface area contributed by atoms with Gasteiger partial charge < -0.3 is 5.11 Å². The number of aryl methyl sites for hydroxylation is 1. The van der Waals surface area contributed by atoms with Gasteiger partial charge in [0, 0.05) is 9.92 Å². The van der Waals surface area contributed by atoms with E-state index in [1.807, 2.05) is 0 Å². The summed E-state index contributed by atoms with van der Waals surface area (Å²) in [5, 5.41) is 9.25. The molecule has 0 atom stereocenters. The first-order valence-electron chi connectivity index (χ1n) is 3.25. The van der Waals surface area contributed by atoms with Crippen LogP contribution in [0.5, 0.6) is 0 Å². The lowest BCUT2D eigenvalue weighted by Crippen LogP contribution is -2.00. The van der Waals surface area contributed by atoms with E-state index in [9.17, 15) is 4.79 Å². The summed E-state index contributed by atoms with van der Waals surface area (Å²) < 4.78 is 0. The molecule has 0 heterocycles. The normalized spacial score (nSPS) is 9.92. The molecule has 1 N–H and O–H groups in total.